The molecular formula is C21H20N6OS2. The molecule has 3 aromatic rings. The monoisotopic (exact) mass is 436 g/mol. The van der Waals surface area contributed by atoms with Gasteiger partial charge in [0.05, 0.1) is 10.6 Å². The third-order valence-corrected chi connectivity index (χ3v) is 6.50. The second-order valence-electron chi connectivity index (χ2n) is 7.35. The number of nitrogens with zero attached hydrogens (tertiary/aromatic N) is 5. The van der Waals surface area contributed by atoms with Gasteiger partial charge in [-0.3, -0.25) is 9.36 Å². The van der Waals surface area contributed by atoms with Gasteiger partial charge < -0.3 is 15.1 Å². The van der Waals surface area contributed by atoms with Crippen molar-refractivity contribution in [3.05, 3.63) is 53.3 Å². The van der Waals surface area contributed by atoms with E-state index in [1.807, 2.05) is 16.7 Å². The number of imidazole rings is 1. The lowest BCUT2D eigenvalue weighted by Crippen LogP contribution is -2.44. The number of nitrogens with one attached hydrogen (secondary N) is 1. The quantitative estimate of drug-likeness (QED) is 0.500. The zero-order valence-electron chi connectivity index (χ0n) is 16.4. The summed E-state index contributed by atoms with van der Waals surface area (Å²) in [7, 11) is 2.16. The molecule has 4 heterocycles. The molecule has 152 valence electrons. The van der Waals surface area contributed by atoms with Crippen molar-refractivity contribution in [2.45, 2.75) is 0 Å². The number of carbonyl (C=O) groups excluding carboxylic acids is 1. The highest BCUT2D eigenvalue weighted by atomic mass is 32.2. The Morgan fingerprint density at radius 3 is 2.50 bits per heavy atom. The zero-order chi connectivity index (χ0) is 20.7. The third-order valence-electron chi connectivity index (χ3n) is 5.33. The summed E-state index contributed by atoms with van der Waals surface area (Å²) in [4.78, 5) is 26.4. The lowest BCUT2D eigenvalue weighted by molar-refractivity contribution is -0.115. The van der Waals surface area contributed by atoms with Crippen molar-refractivity contribution in [2.24, 2.45) is 0 Å². The standard InChI is InChI=1S/C21H20N6OS2/c1-25-8-10-26(11-9-25)15-3-5-16(6-4-15)27-13-22-17-7-2-14(23-19(17)27)12-18-20(28)24-21(29)30-18/h2-7,12-13H,8-11H2,1H3,(H,24,28,29). The van der Waals surface area contributed by atoms with Crippen molar-refractivity contribution in [1.82, 2.24) is 24.8 Å². The summed E-state index contributed by atoms with van der Waals surface area (Å²) in [5.41, 5.74) is 4.49. The van der Waals surface area contributed by atoms with Crippen LogP contribution in [0.5, 0.6) is 0 Å². The van der Waals surface area contributed by atoms with Crippen LogP contribution in [0.4, 0.5) is 5.69 Å². The summed E-state index contributed by atoms with van der Waals surface area (Å²) in [6.45, 7) is 4.24. The molecule has 30 heavy (non-hydrogen) atoms. The summed E-state index contributed by atoms with van der Waals surface area (Å²) in [6.07, 6.45) is 3.54. The van der Waals surface area contributed by atoms with Crippen molar-refractivity contribution < 1.29 is 4.79 Å². The van der Waals surface area contributed by atoms with Gasteiger partial charge in [0.2, 0.25) is 0 Å². The zero-order valence-corrected chi connectivity index (χ0v) is 18.0. The molecule has 2 fully saturated rings. The molecule has 2 aliphatic heterocycles. The largest absolute Gasteiger partial charge is 0.369 e. The molecule has 2 aromatic heterocycles. The summed E-state index contributed by atoms with van der Waals surface area (Å²) in [5.74, 6) is -0.181. The maximum Gasteiger partial charge on any atom is 0.263 e. The number of rotatable bonds is 3. The van der Waals surface area contributed by atoms with Gasteiger partial charge in [0.25, 0.3) is 5.91 Å². The van der Waals surface area contributed by atoms with Gasteiger partial charge in [-0.25, -0.2) is 9.97 Å². The summed E-state index contributed by atoms with van der Waals surface area (Å²) in [6, 6.07) is 12.3. The highest BCUT2D eigenvalue weighted by Crippen LogP contribution is 2.26. The Bertz CT molecular complexity index is 1160. The average molecular weight is 437 g/mol. The molecule has 0 atom stereocenters. The van der Waals surface area contributed by atoms with Gasteiger partial charge in [-0.05, 0) is 49.5 Å². The van der Waals surface area contributed by atoms with E-state index in [-0.39, 0.29) is 5.91 Å². The summed E-state index contributed by atoms with van der Waals surface area (Å²) >= 11 is 6.30. The van der Waals surface area contributed by atoms with Crippen LogP contribution in [0.2, 0.25) is 0 Å². The van der Waals surface area contributed by atoms with Crippen LogP contribution >= 0.6 is 24.0 Å². The maximum atomic E-state index is 11.9. The molecular weight excluding hydrogens is 416 g/mol. The number of hydrogen-bond acceptors (Lipinski definition) is 7. The highest BCUT2D eigenvalue weighted by Gasteiger charge is 2.22. The first-order valence-corrected chi connectivity index (χ1v) is 10.9. The van der Waals surface area contributed by atoms with Gasteiger partial charge in [-0.2, -0.15) is 0 Å². The number of pyridine rings is 1. The van der Waals surface area contributed by atoms with E-state index in [0.29, 0.717) is 14.9 Å². The van der Waals surface area contributed by atoms with Crippen LogP contribution in [0.25, 0.3) is 22.9 Å². The van der Waals surface area contributed by atoms with Gasteiger partial charge in [0.1, 0.15) is 16.2 Å². The van der Waals surface area contributed by atoms with Crippen molar-refractivity contribution >= 4 is 57.1 Å². The number of fused-ring (bicyclic) bond motifs is 1. The van der Waals surface area contributed by atoms with Crippen LogP contribution in [-0.4, -0.2) is 62.9 Å². The van der Waals surface area contributed by atoms with E-state index in [4.69, 9.17) is 17.2 Å². The van der Waals surface area contributed by atoms with E-state index in [1.165, 1.54) is 17.4 Å². The number of thiocarbonyl (C=S) groups is 1. The van der Waals surface area contributed by atoms with Crippen LogP contribution in [0.1, 0.15) is 5.69 Å². The Hall–Kier alpha value is -2.75. The SMILES string of the molecule is CN1CCN(c2ccc(-n3cnc4ccc(C=C5SC(=S)NC5=O)nc43)cc2)CC1. The molecule has 0 unspecified atom stereocenters. The molecule has 0 aliphatic carbocycles. The predicted octanol–water partition coefficient (Wildman–Crippen LogP) is 2.66. The minimum atomic E-state index is -0.181. The van der Waals surface area contributed by atoms with Gasteiger partial charge in [-0.1, -0.05) is 24.0 Å². The number of thioether (sulfide) groups is 1. The van der Waals surface area contributed by atoms with Crippen LogP contribution < -0.4 is 10.2 Å². The Labute approximate surface area is 183 Å². The number of carbonyl (C=O) groups is 1. The number of aromatic nitrogens is 3. The molecule has 1 amide bonds. The van der Waals surface area contributed by atoms with Crippen LogP contribution in [0.15, 0.2) is 47.6 Å². The second-order valence-corrected chi connectivity index (χ2v) is 9.07. The Morgan fingerprint density at radius 1 is 1.07 bits per heavy atom. The molecule has 7 nitrogen and oxygen atoms in total. The first-order valence-electron chi connectivity index (χ1n) is 9.70. The molecule has 1 N–H and O–H groups in total. The van der Waals surface area contributed by atoms with Gasteiger partial charge in [-0.15, -0.1) is 0 Å². The fraction of sp³-hybridized carbons (Fsp3) is 0.238. The average Bonchev–Trinajstić information content (AvgIpc) is 3.31. The highest BCUT2D eigenvalue weighted by molar-refractivity contribution is 8.26. The molecule has 2 aliphatic rings. The molecule has 5 rings (SSSR count). The maximum absolute atomic E-state index is 11.9. The number of anilines is 1. The Morgan fingerprint density at radius 2 is 1.80 bits per heavy atom. The Balaban J connectivity index is 1.44. The van der Waals surface area contributed by atoms with Crippen LogP contribution in [0.3, 0.4) is 0 Å². The van der Waals surface area contributed by atoms with E-state index >= 15 is 0 Å². The molecule has 0 bridgehead atoms. The number of benzene rings is 1. The number of piperazine rings is 1. The van der Waals surface area contributed by atoms with E-state index < -0.39 is 0 Å². The van der Waals surface area contributed by atoms with Crippen molar-refractivity contribution in [3.8, 4) is 5.69 Å². The number of hydrogen-bond donors (Lipinski definition) is 1. The lowest BCUT2D eigenvalue weighted by atomic mass is 10.2. The van der Waals surface area contributed by atoms with Crippen LogP contribution in [0, 0.1) is 0 Å². The van der Waals surface area contributed by atoms with Crippen molar-refractivity contribution in [1.29, 1.82) is 0 Å². The number of amides is 1. The lowest BCUT2D eigenvalue weighted by Gasteiger charge is -2.34. The van der Waals surface area contributed by atoms with E-state index in [0.717, 1.165) is 43.0 Å². The third kappa shape index (κ3) is 3.71. The van der Waals surface area contributed by atoms with Gasteiger partial charge in [0, 0.05) is 37.6 Å². The minimum Gasteiger partial charge on any atom is -0.369 e. The molecule has 9 heteroatoms. The molecule has 0 radical (unpaired) electrons. The minimum absolute atomic E-state index is 0.181. The first-order chi connectivity index (χ1) is 14.6. The Kier molecular flexibility index (Phi) is 5.01. The molecule has 2 saturated heterocycles. The molecule has 0 saturated carbocycles. The van der Waals surface area contributed by atoms with E-state index in [1.54, 1.807) is 12.4 Å². The predicted molar refractivity (Wildman–Crippen MR) is 125 cm³/mol. The molecule has 0 spiro atoms. The number of likely N-dealkylation sites (N-methyl/N-ethyl adjacent to an activating group) is 1. The fourth-order valence-electron chi connectivity index (χ4n) is 3.62. The van der Waals surface area contributed by atoms with Gasteiger partial charge in [0.15, 0.2) is 5.65 Å². The summed E-state index contributed by atoms with van der Waals surface area (Å²) in [5, 5.41) is 2.63. The second kappa shape index (κ2) is 7.82. The normalized spacial score (nSPS) is 19.1. The smallest absolute Gasteiger partial charge is 0.263 e. The topological polar surface area (TPSA) is 66.3 Å². The fourth-order valence-corrected chi connectivity index (χ4v) is 4.65. The molecule has 1 aromatic carbocycles. The van der Waals surface area contributed by atoms with Crippen molar-refractivity contribution in [3.63, 3.8) is 0 Å². The first kappa shape index (κ1) is 19.2. The van der Waals surface area contributed by atoms with E-state index in [9.17, 15) is 4.79 Å². The van der Waals surface area contributed by atoms with Crippen molar-refractivity contribution in [2.75, 3.05) is 38.1 Å². The van der Waals surface area contributed by atoms with E-state index in [2.05, 4.69) is 51.4 Å². The summed E-state index contributed by atoms with van der Waals surface area (Å²) < 4.78 is 2.44. The van der Waals surface area contributed by atoms with Crippen LogP contribution in [-0.2, 0) is 4.79 Å². The van der Waals surface area contributed by atoms with Gasteiger partial charge >= 0.3 is 0 Å².